The number of nitrogens with zero attached hydrogens (tertiary/aromatic N) is 5. The third-order valence-corrected chi connectivity index (χ3v) is 7.59. The van der Waals surface area contributed by atoms with Gasteiger partial charge in [0.1, 0.15) is 27.4 Å². The first-order chi connectivity index (χ1) is 15.7. The highest BCUT2D eigenvalue weighted by atomic mass is 32.1. The summed E-state index contributed by atoms with van der Waals surface area (Å²) in [6.07, 6.45) is 0. The van der Waals surface area contributed by atoms with Crippen LogP contribution in [-0.2, 0) is 11.4 Å². The van der Waals surface area contributed by atoms with E-state index in [0.29, 0.717) is 0 Å². The predicted molar refractivity (Wildman–Crippen MR) is 136 cm³/mol. The Hall–Kier alpha value is -3.20. The van der Waals surface area contributed by atoms with Crippen molar-refractivity contribution in [3.8, 4) is 10.4 Å². The summed E-state index contributed by atoms with van der Waals surface area (Å²) >= 11 is 4.18. The second-order valence-corrected chi connectivity index (χ2v) is 9.78. The quantitative estimate of drug-likeness (QED) is 0.260. The first kappa shape index (κ1) is 19.5. The van der Waals surface area contributed by atoms with Gasteiger partial charge in [-0.2, -0.15) is 17.5 Å². The SMILES string of the molecule is Cc1ccc(N(c2ccc(C)cc2)c2ccc(-c3c4c(cc5nsnc35)N=S=N4)s2)cc1. The largest absolute Gasteiger partial charge is 0.302 e. The average molecular weight is 472 g/mol. The van der Waals surface area contributed by atoms with E-state index in [9.17, 15) is 0 Å². The predicted octanol–water partition coefficient (Wildman–Crippen LogP) is 8.23. The Morgan fingerprint density at radius 2 is 1.44 bits per heavy atom. The van der Waals surface area contributed by atoms with Crippen LogP contribution >= 0.6 is 23.1 Å². The van der Waals surface area contributed by atoms with Crippen LogP contribution in [0.15, 0.2) is 75.5 Å². The number of aryl methyl sites for hydroxylation is 2. The Kier molecular flexibility index (Phi) is 4.71. The molecule has 8 heteroatoms. The van der Waals surface area contributed by atoms with Crippen molar-refractivity contribution in [2.24, 2.45) is 8.73 Å². The number of thiophene rings is 1. The van der Waals surface area contributed by atoms with E-state index in [4.69, 9.17) is 0 Å². The van der Waals surface area contributed by atoms with Crippen molar-refractivity contribution >= 4 is 73.2 Å². The van der Waals surface area contributed by atoms with Crippen molar-refractivity contribution in [2.45, 2.75) is 13.8 Å². The van der Waals surface area contributed by atoms with Gasteiger partial charge in [0.15, 0.2) is 0 Å². The molecule has 0 N–H and O–H groups in total. The fourth-order valence-corrected chi connectivity index (χ4v) is 5.94. The number of hydrogen-bond acceptors (Lipinski definition) is 7. The molecule has 5 aromatic rings. The molecule has 6 rings (SSSR count). The fraction of sp³-hybridized carbons (Fsp3) is 0.0833. The van der Waals surface area contributed by atoms with Gasteiger partial charge in [0.05, 0.1) is 23.1 Å². The summed E-state index contributed by atoms with van der Waals surface area (Å²) < 4.78 is 18.0. The lowest BCUT2D eigenvalue weighted by molar-refractivity contribution is 1.29. The smallest absolute Gasteiger partial charge is 0.115 e. The second kappa shape index (κ2) is 7.74. The lowest BCUT2D eigenvalue weighted by atomic mass is 10.1. The first-order valence-corrected chi connectivity index (χ1v) is 12.4. The first-order valence-electron chi connectivity index (χ1n) is 10.1. The van der Waals surface area contributed by atoms with Crippen LogP contribution in [0.2, 0.25) is 0 Å². The Morgan fingerprint density at radius 3 is 2.12 bits per heavy atom. The van der Waals surface area contributed by atoms with Gasteiger partial charge in [-0.25, -0.2) is 0 Å². The summed E-state index contributed by atoms with van der Waals surface area (Å²) in [5.41, 5.74) is 9.27. The number of anilines is 3. The number of benzene rings is 3. The summed E-state index contributed by atoms with van der Waals surface area (Å²) in [5.74, 6) is 0. The Bertz CT molecular complexity index is 1480. The Balaban J connectivity index is 1.52. The lowest BCUT2D eigenvalue weighted by Crippen LogP contribution is -2.08. The number of aromatic nitrogens is 2. The third-order valence-electron chi connectivity index (χ3n) is 5.42. The monoisotopic (exact) mass is 471 g/mol. The molecule has 1 aliphatic heterocycles. The molecular weight excluding hydrogens is 455 g/mol. The maximum absolute atomic E-state index is 4.58. The van der Waals surface area contributed by atoms with Crippen molar-refractivity contribution < 1.29 is 0 Å². The van der Waals surface area contributed by atoms with Crippen LogP contribution in [0.3, 0.4) is 0 Å². The Morgan fingerprint density at radius 1 is 0.750 bits per heavy atom. The second-order valence-electron chi connectivity index (χ2n) is 7.66. The molecule has 32 heavy (non-hydrogen) atoms. The highest BCUT2D eigenvalue weighted by Crippen LogP contribution is 2.49. The zero-order valence-corrected chi connectivity index (χ0v) is 19.8. The third kappa shape index (κ3) is 3.28. The molecule has 0 atom stereocenters. The molecule has 0 saturated heterocycles. The van der Waals surface area contributed by atoms with Gasteiger partial charge in [-0.15, -0.1) is 11.3 Å². The van der Waals surface area contributed by atoms with Crippen molar-refractivity contribution in [1.82, 2.24) is 8.75 Å². The molecule has 0 saturated carbocycles. The van der Waals surface area contributed by atoms with Crippen LogP contribution < -0.4 is 4.90 Å². The number of rotatable bonds is 4. The van der Waals surface area contributed by atoms with Gasteiger partial charge in [-0.1, -0.05) is 35.4 Å². The maximum atomic E-state index is 4.58. The summed E-state index contributed by atoms with van der Waals surface area (Å²) in [6.45, 7) is 4.22. The summed E-state index contributed by atoms with van der Waals surface area (Å²) in [5, 5.41) is 1.13. The molecular formula is C24H17N5S3. The summed E-state index contributed by atoms with van der Waals surface area (Å²) in [6, 6.07) is 23.6. The van der Waals surface area contributed by atoms with Crippen LogP contribution in [0.4, 0.5) is 27.8 Å². The minimum Gasteiger partial charge on any atom is -0.302 e. The van der Waals surface area contributed by atoms with Crippen molar-refractivity contribution in [1.29, 1.82) is 0 Å². The van der Waals surface area contributed by atoms with Gasteiger partial charge in [0, 0.05) is 21.8 Å². The molecule has 0 bridgehead atoms. The van der Waals surface area contributed by atoms with Crippen LogP contribution in [0, 0.1) is 13.8 Å². The number of hydrogen-bond donors (Lipinski definition) is 0. The van der Waals surface area contributed by atoms with Gasteiger partial charge in [-0.05, 0) is 56.3 Å². The molecule has 2 aromatic heterocycles. The summed E-state index contributed by atoms with van der Waals surface area (Å²) in [4.78, 5) is 3.41. The zero-order valence-electron chi connectivity index (χ0n) is 17.3. The van der Waals surface area contributed by atoms with E-state index in [1.807, 2.05) is 6.07 Å². The molecule has 156 valence electrons. The minimum atomic E-state index is 0.870. The maximum Gasteiger partial charge on any atom is 0.115 e. The van der Waals surface area contributed by atoms with Crippen LogP contribution in [0.5, 0.6) is 0 Å². The van der Waals surface area contributed by atoms with Crippen LogP contribution in [0.25, 0.3) is 21.5 Å². The molecule has 1 aliphatic rings. The van der Waals surface area contributed by atoms with Gasteiger partial charge in [-0.3, -0.25) is 0 Å². The van der Waals surface area contributed by atoms with Gasteiger partial charge in [0.2, 0.25) is 0 Å². The van der Waals surface area contributed by atoms with E-state index in [1.165, 1.54) is 34.2 Å². The van der Waals surface area contributed by atoms with E-state index in [2.05, 4.69) is 96.9 Å². The topological polar surface area (TPSA) is 53.7 Å². The fourth-order valence-electron chi connectivity index (χ4n) is 3.78. The lowest BCUT2D eigenvalue weighted by Gasteiger charge is -2.24. The van der Waals surface area contributed by atoms with E-state index in [-0.39, 0.29) is 0 Å². The van der Waals surface area contributed by atoms with E-state index < -0.39 is 0 Å². The van der Waals surface area contributed by atoms with Gasteiger partial charge >= 0.3 is 0 Å². The minimum absolute atomic E-state index is 0.870. The summed E-state index contributed by atoms with van der Waals surface area (Å²) in [7, 11) is 0. The number of fused-ring (bicyclic) bond motifs is 2. The molecule has 0 spiro atoms. The highest BCUT2D eigenvalue weighted by molar-refractivity contribution is 7.58. The molecule has 5 nitrogen and oxygen atoms in total. The molecule has 0 aliphatic carbocycles. The van der Waals surface area contributed by atoms with E-state index in [0.717, 1.165) is 49.2 Å². The van der Waals surface area contributed by atoms with Gasteiger partial charge < -0.3 is 4.90 Å². The average Bonchev–Trinajstić information content (AvgIpc) is 3.56. The molecule has 3 heterocycles. The highest BCUT2D eigenvalue weighted by Gasteiger charge is 2.22. The van der Waals surface area contributed by atoms with Crippen LogP contribution in [-0.4, -0.2) is 8.75 Å². The normalized spacial score (nSPS) is 12.2. The standard InChI is InChI=1S/C24H17N5S3/c1-14-3-7-16(8-4-14)29(17-9-5-15(2)6-10-17)21-12-11-20(30-21)22-23-18(25-31-27-23)13-19-24(22)28-32-26-19/h3-13H,1-2H3. The molecule has 0 amide bonds. The van der Waals surface area contributed by atoms with Crippen molar-refractivity contribution in [3.63, 3.8) is 0 Å². The van der Waals surface area contributed by atoms with Crippen molar-refractivity contribution in [3.05, 3.63) is 77.9 Å². The van der Waals surface area contributed by atoms with E-state index in [1.54, 1.807) is 11.3 Å². The zero-order chi connectivity index (χ0) is 21.7. The van der Waals surface area contributed by atoms with E-state index >= 15 is 0 Å². The molecule has 0 unspecified atom stereocenters. The van der Waals surface area contributed by atoms with Crippen LogP contribution in [0.1, 0.15) is 11.1 Å². The Labute approximate surface area is 197 Å². The molecule has 0 fully saturated rings. The molecule has 0 radical (unpaired) electrons. The van der Waals surface area contributed by atoms with Gasteiger partial charge in [0.25, 0.3) is 0 Å². The van der Waals surface area contributed by atoms with Crippen molar-refractivity contribution in [2.75, 3.05) is 4.90 Å². The molecule has 3 aromatic carbocycles.